The van der Waals surface area contributed by atoms with Gasteiger partial charge in [0.15, 0.2) is 17.9 Å². The van der Waals surface area contributed by atoms with Gasteiger partial charge in [-0.1, -0.05) is 18.2 Å². The van der Waals surface area contributed by atoms with Crippen LogP contribution >= 0.6 is 25.3 Å². The van der Waals surface area contributed by atoms with Crippen molar-refractivity contribution in [2.75, 3.05) is 44.4 Å². The van der Waals surface area contributed by atoms with E-state index >= 15 is 0 Å². The van der Waals surface area contributed by atoms with Crippen LogP contribution in [0.1, 0.15) is 70.1 Å². The number of aromatic amines is 2. The van der Waals surface area contributed by atoms with E-state index in [1.165, 1.54) is 25.6 Å². The van der Waals surface area contributed by atoms with Gasteiger partial charge in [-0.3, -0.25) is 72.5 Å². The maximum absolute atomic E-state index is 14.5. The molecule has 102 heavy (non-hydrogen) atoms. The van der Waals surface area contributed by atoms with Gasteiger partial charge in [-0.25, -0.2) is 9.78 Å². The van der Waals surface area contributed by atoms with Crippen molar-refractivity contribution in [1.29, 1.82) is 0 Å². The third-order valence-corrected chi connectivity index (χ3v) is 15.6. The number of aliphatic imine (C=N–C) groups is 3. The van der Waals surface area contributed by atoms with E-state index in [4.69, 9.17) is 45.9 Å². The predicted octanol–water partition coefficient (Wildman–Crippen LogP) is -11.3. The van der Waals surface area contributed by atoms with Crippen LogP contribution in [-0.2, 0) is 75.2 Å². The number of carboxylic acids is 1. The maximum atomic E-state index is 14.5. The van der Waals surface area contributed by atoms with Crippen molar-refractivity contribution in [3.05, 3.63) is 54.2 Å². The molecule has 0 spiro atoms. The van der Waals surface area contributed by atoms with Gasteiger partial charge in [0.05, 0.1) is 32.1 Å². The van der Waals surface area contributed by atoms with Gasteiger partial charge in [0.1, 0.15) is 72.5 Å². The number of H-pyrrole nitrogens is 2. The summed E-state index contributed by atoms with van der Waals surface area (Å²) >= 11 is 8.23. The SMILES string of the molecule is C[C@H](NC(=O)[C@H](Cc1cnc[nH]1)NC(=O)[C@H](CS)NC(=O)[C@@H](N)CO)C(=O)N[C@@H](Cc1c[nH]c2ccccc12)C(=O)N[C@@H](CO)C(=O)N[C@@H](CC(N)=O)C(=O)N[C@@H](CCCN=C(N)N)C(=O)N[C@@H](CCCN=C(N)N)C(=O)N[C@H](C(=O)N[C@@H](CS)C(=O)N[C@@H](CCCN=C(N)N)C(=O)O)[C@@H](C)O. The summed E-state index contributed by atoms with van der Waals surface area (Å²) in [6.07, 6.45) is 0.160. The van der Waals surface area contributed by atoms with Gasteiger partial charge in [-0.05, 0) is 64.0 Å². The van der Waals surface area contributed by atoms with E-state index < -0.39 is 181 Å². The lowest BCUT2D eigenvalue weighted by molar-refractivity contribution is -0.142. The summed E-state index contributed by atoms with van der Waals surface area (Å²) in [5.74, 6) is -16.2. The monoisotopic (exact) mass is 1480 g/mol. The Morgan fingerprint density at radius 2 is 0.922 bits per heavy atom. The Balaban J connectivity index is 1.94. The van der Waals surface area contributed by atoms with Crippen LogP contribution in [0.5, 0.6) is 0 Å². The van der Waals surface area contributed by atoms with E-state index in [1.807, 2.05) is 0 Å². The molecule has 0 aliphatic rings. The van der Waals surface area contributed by atoms with Gasteiger partial charge in [0.2, 0.25) is 70.9 Å². The molecule has 12 amide bonds. The molecule has 1 aromatic carbocycles. The maximum Gasteiger partial charge on any atom is 0.326 e. The number of imidazole rings is 1. The molecule has 13 atom stereocenters. The van der Waals surface area contributed by atoms with Gasteiger partial charge in [0, 0.05) is 73.0 Å². The minimum absolute atomic E-state index is 0.0307. The zero-order valence-electron chi connectivity index (χ0n) is 55.8. The minimum atomic E-state index is -1.99. The second-order valence-corrected chi connectivity index (χ2v) is 23.8. The highest BCUT2D eigenvalue weighted by molar-refractivity contribution is 7.80. The normalized spacial score (nSPS) is 14.8. The molecule has 3 aromatic rings. The minimum Gasteiger partial charge on any atom is -0.480 e. The van der Waals surface area contributed by atoms with Crippen LogP contribution in [0.15, 0.2) is 58.0 Å². The van der Waals surface area contributed by atoms with Gasteiger partial charge in [0.25, 0.3) is 0 Å². The number of nitrogens with zero attached hydrogens (tertiary/aromatic N) is 4. The summed E-state index contributed by atoms with van der Waals surface area (Å²) in [7, 11) is 0. The Morgan fingerprint density at radius 3 is 1.41 bits per heavy atom. The smallest absolute Gasteiger partial charge is 0.326 e. The van der Waals surface area contributed by atoms with E-state index in [2.05, 4.69) is 114 Å². The number of para-hydroxylation sites is 1. The molecule has 42 nitrogen and oxygen atoms in total. The van der Waals surface area contributed by atoms with Gasteiger partial charge >= 0.3 is 5.97 Å². The van der Waals surface area contributed by atoms with E-state index in [9.17, 15) is 82.8 Å². The number of carbonyl (C=O) groups is 13. The average Bonchev–Trinajstić information content (AvgIpc) is 1.64. The molecule has 0 unspecified atom stereocenters. The quantitative estimate of drug-likeness (QED) is 0.0108. The summed E-state index contributed by atoms with van der Waals surface area (Å²) in [6.45, 7) is 0.156. The van der Waals surface area contributed by atoms with Crippen LogP contribution in [-0.4, -0.2) is 253 Å². The lowest BCUT2D eigenvalue weighted by Gasteiger charge is -2.28. The Morgan fingerprint density at radius 1 is 0.500 bits per heavy atom. The first kappa shape index (κ1) is 85.7. The van der Waals surface area contributed by atoms with Crippen LogP contribution in [0.3, 0.4) is 0 Å². The van der Waals surface area contributed by atoms with Crippen molar-refractivity contribution >= 4 is 131 Å². The second-order valence-electron chi connectivity index (χ2n) is 23.0. The largest absolute Gasteiger partial charge is 0.480 e. The number of primary amides is 1. The zero-order valence-corrected chi connectivity index (χ0v) is 57.5. The second kappa shape index (κ2) is 43.8. The Kier molecular flexibility index (Phi) is 36.8. The molecule has 33 N–H and O–H groups in total. The lowest BCUT2D eigenvalue weighted by Crippen LogP contribution is -2.62. The fourth-order valence-corrected chi connectivity index (χ4v) is 9.96. The van der Waals surface area contributed by atoms with E-state index in [0.717, 1.165) is 6.92 Å². The third-order valence-electron chi connectivity index (χ3n) is 14.9. The van der Waals surface area contributed by atoms with Crippen LogP contribution in [0.25, 0.3) is 10.9 Å². The number of aliphatic carboxylic acids is 1. The van der Waals surface area contributed by atoms with Gasteiger partial charge < -0.3 is 135 Å². The average molecular weight is 1480 g/mol. The number of fused-ring (bicyclic) bond motifs is 1. The number of rotatable bonds is 46. The highest BCUT2D eigenvalue weighted by Gasteiger charge is 2.38. The predicted molar refractivity (Wildman–Crippen MR) is 374 cm³/mol. The fourth-order valence-electron chi connectivity index (χ4n) is 9.45. The highest BCUT2D eigenvalue weighted by atomic mass is 32.1. The van der Waals surface area contributed by atoms with E-state index in [1.54, 1.807) is 24.3 Å². The number of aromatic nitrogens is 3. The number of hydrogen-bond donors (Lipinski definition) is 27. The Bertz CT molecular complexity index is 3440. The molecule has 0 aliphatic heterocycles. The third kappa shape index (κ3) is 29.7. The zero-order chi connectivity index (χ0) is 76.3. The Hall–Kier alpha value is -10.6. The first-order valence-corrected chi connectivity index (χ1v) is 32.9. The van der Waals surface area contributed by atoms with Crippen molar-refractivity contribution in [2.45, 2.75) is 150 Å². The number of nitrogens with two attached hydrogens (primary N) is 8. The topological polar surface area (TPSA) is 725 Å². The number of hydrogen-bond acceptors (Lipinski definition) is 23. The first-order chi connectivity index (χ1) is 48.2. The number of thiol groups is 2. The first-order valence-electron chi connectivity index (χ1n) is 31.6. The van der Waals surface area contributed by atoms with Crippen molar-refractivity contribution < 1.29 is 82.8 Å². The number of aliphatic hydroxyl groups is 3. The molecule has 0 fully saturated rings. The summed E-state index contributed by atoms with van der Waals surface area (Å²) in [5.41, 5.74) is 45.2. The summed E-state index contributed by atoms with van der Waals surface area (Å²) < 4.78 is 0. The number of carboxylic acid groups (broad SMARTS) is 1. The molecule has 2 heterocycles. The lowest BCUT2D eigenvalue weighted by atomic mass is 10.0. The van der Waals surface area contributed by atoms with Crippen LogP contribution < -0.4 is 104 Å². The van der Waals surface area contributed by atoms with Gasteiger partial charge in [-0.15, -0.1) is 0 Å². The summed E-state index contributed by atoms with van der Waals surface area (Å²) in [6, 6.07) is -12.7. The molecule has 2 aromatic heterocycles. The molecule has 3 rings (SSSR count). The number of benzene rings is 1. The molecular weight excluding hydrogens is 1380 g/mol. The molecule has 0 saturated carbocycles. The molecule has 0 radical (unpaired) electrons. The van der Waals surface area contributed by atoms with Crippen LogP contribution in [0.4, 0.5) is 0 Å². The number of carbonyl (C=O) groups excluding carboxylic acids is 12. The molecule has 44 heteroatoms. The number of guanidine groups is 3. The number of nitrogens with one attached hydrogen (secondary N) is 13. The van der Waals surface area contributed by atoms with Crippen LogP contribution in [0, 0.1) is 0 Å². The molecular formula is C58H93N25O17S2. The van der Waals surface area contributed by atoms with Gasteiger partial charge in [-0.2, -0.15) is 25.3 Å². The fraction of sp³-hybridized carbons (Fsp3) is 0.534. The number of aliphatic hydroxyl groups excluding tert-OH is 3. The van der Waals surface area contributed by atoms with Crippen molar-refractivity contribution in [3.63, 3.8) is 0 Å². The van der Waals surface area contributed by atoms with E-state index in [0.29, 0.717) is 22.2 Å². The summed E-state index contributed by atoms with van der Waals surface area (Å²) in [5, 5.41) is 67.3. The van der Waals surface area contributed by atoms with E-state index in [-0.39, 0.29) is 94.6 Å². The molecule has 0 aliphatic carbocycles. The molecule has 0 bridgehead atoms. The van der Waals surface area contributed by atoms with Crippen molar-refractivity contribution in [1.82, 2.24) is 73.4 Å². The van der Waals surface area contributed by atoms with Crippen LogP contribution in [0.2, 0.25) is 0 Å². The summed E-state index contributed by atoms with van der Waals surface area (Å²) in [4.78, 5) is 199. The molecule has 0 saturated heterocycles. The Labute approximate surface area is 594 Å². The molecule has 564 valence electrons. The van der Waals surface area contributed by atoms with Crippen molar-refractivity contribution in [2.24, 2.45) is 60.8 Å². The van der Waals surface area contributed by atoms with Crippen molar-refractivity contribution in [3.8, 4) is 0 Å². The number of amides is 12. The standard InChI is InChI=1S/C58H93N25O17S2/c1-26(73-48(92)37(17-29-20-67-25-72-29)78-53(97)40(23-101)81-45(89)31(59)21-84)44(88)77-36(16-28-19-71-32-9-4-3-8-30(28)32)49(93)80-39(22-85)51(95)79-38(18-42(60)87)50(94)75-33(10-5-13-68-56(61)62)46(90)74-34(11-6-14-69-57(63)64)47(91)83-43(27(2)86)54(98)82-41(24-102)52(96)76-35(55(99)100)12-7-15-70-58(65)66/h3-4,8-9,19-20,25-27,31,33-41,43,71,84-86,101-102H,5-7,10-18,21-24,59H2,1-2H3,(H2,60,87)(H,67,72)(H,73,92)(H,74,90)(H,75,94)(H,76,96)(H,77,88)(H,78,97)(H,79,95)(H,80,93)(H,81,89)(H,82,98)(H,83,91)(H,99,100)(H4,61,62,68)(H4,63,64,69)(H4,65,66,70)/t26-,27+,31-,33-,34-,35-,36-,37-,38-,39-,40-,41-,43-/m0/s1. The highest BCUT2D eigenvalue weighted by Crippen LogP contribution is 2.20.